The number of aliphatic hydroxyl groups excluding tert-OH is 1. The van der Waals surface area contributed by atoms with Crippen LogP contribution in [0.1, 0.15) is 5.56 Å². The van der Waals surface area contributed by atoms with E-state index in [4.69, 9.17) is 14.7 Å². The van der Waals surface area contributed by atoms with Gasteiger partial charge in [0.1, 0.15) is 11.8 Å². The van der Waals surface area contributed by atoms with E-state index in [0.717, 1.165) is 0 Å². The second-order valence-electron chi connectivity index (χ2n) is 4.40. The highest BCUT2D eigenvalue weighted by molar-refractivity contribution is 5.78. The van der Waals surface area contributed by atoms with Crippen LogP contribution < -0.4 is 4.74 Å². The largest absolute Gasteiger partial charge is 0.482 e. The Morgan fingerprint density at radius 2 is 2.35 bits per heavy atom. The Morgan fingerprint density at radius 1 is 1.55 bits per heavy atom. The summed E-state index contributed by atoms with van der Waals surface area (Å²) in [6.07, 6.45) is 0. The van der Waals surface area contributed by atoms with Gasteiger partial charge < -0.3 is 19.5 Å². The van der Waals surface area contributed by atoms with Gasteiger partial charge in [0.15, 0.2) is 6.61 Å². The standard InChI is InChI=1S/C14H16N2O4/c15-7-11-3-1-2-4-13(11)20-10-14(18)16-5-6-19-9-12(16)8-17/h1-4,12,17H,5-6,8-10H2. The van der Waals surface area contributed by atoms with Gasteiger partial charge in [0.2, 0.25) is 0 Å². The average molecular weight is 276 g/mol. The van der Waals surface area contributed by atoms with Crippen molar-refractivity contribution in [2.75, 3.05) is 33.0 Å². The number of nitriles is 1. The highest BCUT2D eigenvalue weighted by atomic mass is 16.5. The number of nitrogens with zero attached hydrogens (tertiary/aromatic N) is 2. The summed E-state index contributed by atoms with van der Waals surface area (Å²) < 4.78 is 10.6. The SMILES string of the molecule is N#Cc1ccccc1OCC(=O)N1CCOCC1CO. The number of hydrogen-bond donors (Lipinski definition) is 1. The van der Waals surface area contributed by atoms with E-state index in [-0.39, 0.29) is 25.2 Å². The number of benzene rings is 1. The molecule has 0 aromatic heterocycles. The fourth-order valence-electron chi connectivity index (χ4n) is 2.04. The summed E-state index contributed by atoms with van der Waals surface area (Å²) in [6.45, 7) is 0.928. The van der Waals surface area contributed by atoms with Crippen molar-refractivity contribution in [3.63, 3.8) is 0 Å². The van der Waals surface area contributed by atoms with Crippen LogP contribution in [-0.4, -0.2) is 54.9 Å². The average Bonchev–Trinajstić information content (AvgIpc) is 2.52. The van der Waals surface area contributed by atoms with Crippen molar-refractivity contribution in [1.82, 2.24) is 4.90 Å². The lowest BCUT2D eigenvalue weighted by Gasteiger charge is -2.34. The number of carbonyl (C=O) groups is 1. The number of para-hydroxylation sites is 1. The van der Waals surface area contributed by atoms with E-state index in [1.807, 2.05) is 6.07 Å². The molecule has 1 aromatic carbocycles. The maximum atomic E-state index is 12.1. The van der Waals surface area contributed by atoms with E-state index < -0.39 is 0 Å². The molecule has 1 amide bonds. The molecule has 0 spiro atoms. The molecule has 1 aliphatic heterocycles. The summed E-state index contributed by atoms with van der Waals surface area (Å²) in [6, 6.07) is 8.43. The second kappa shape index (κ2) is 6.89. The first kappa shape index (κ1) is 14.3. The van der Waals surface area contributed by atoms with Gasteiger partial charge >= 0.3 is 0 Å². The minimum absolute atomic E-state index is 0.138. The molecule has 6 nitrogen and oxygen atoms in total. The van der Waals surface area contributed by atoms with Gasteiger partial charge in [-0.1, -0.05) is 12.1 Å². The Bertz CT molecular complexity index is 512. The zero-order valence-electron chi connectivity index (χ0n) is 11.0. The van der Waals surface area contributed by atoms with E-state index in [1.165, 1.54) is 0 Å². The van der Waals surface area contributed by atoms with Crippen molar-refractivity contribution in [2.45, 2.75) is 6.04 Å². The maximum Gasteiger partial charge on any atom is 0.260 e. The molecule has 0 radical (unpaired) electrons. The monoisotopic (exact) mass is 276 g/mol. The van der Waals surface area contributed by atoms with Gasteiger partial charge in [-0.3, -0.25) is 4.79 Å². The van der Waals surface area contributed by atoms with Gasteiger partial charge in [0, 0.05) is 6.54 Å². The van der Waals surface area contributed by atoms with Crippen LogP contribution in [-0.2, 0) is 9.53 Å². The molecule has 0 saturated carbocycles. The summed E-state index contributed by atoms with van der Waals surface area (Å²) in [5.74, 6) is 0.164. The molecule has 20 heavy (non-hydrogen) atoms. The molecule has 1 fully saturated rings. The van der Waals surface area contributed by atoms with Crippen LogP contribution in [0.3, 0.4) is 0 Å². The molecule has 6 heteroatoms. The van der Waals surface area contributed by atoms with Crippen molar-refractivity contribution >= 4 is 5.91 Å². The third-order valence-corrected chi connectivity index (χ3v) is 3.12. The lowest BCUT2D eigenvalue weighted by Crippen LogP contribution is -2.51. The number of amides is 1. The number of ether oxygens (including phenoxy) is 2. The summed E-state index contributed by atoms with van der Waals surface area (Å²) in [5, 5.41) is 18.2. The number of hydrogen-bond acceptors (Lipinski definition) is 5. The van der Waals surface area contributed by atoms with Crippen molar-refractivity contribution in [3.8, 4) is 11.8 Å². The molecule has 1 heterocycles. The Labute approximate surface area is 117 Å². The highest BCUT2D eigenvalue weighted by Crippen LogP contribution is 2.17. The number of morpholine rings is 1. The van der Waals surface area contributed by atoms with Gasteiger partial charge in [0.25, 0.3) is 5.91 Å². The number of carbonyl (C=O) groups excluding carboxylic acids is 1. The highest BCUT2D eigenvalue weighted by Gasteiger charge is 2.26. The molecule has 0 aliphatic carbocycles. The minimum Gasteiger partial charge on any atom is -0.482 e. The van der Waals surface area contributed by atoms with Crippen molar-refractivity contribution < 1.29 is 19.4 Å². The van der Waals surface area contributed by atoms with E-state index in [0.29, 0.717) is 31.1 Å². The van der Waals surface area contributed by atoms with Crippen molar-refractivity contribution in [2.24, 2.45) is 0 Å². The van der Waals surface area contributed by atoms with E-state index >= 15 is 0 Å². The zero-order chi connectivity index (χ0) is 14.4. The van der Waals surface area contributed by atoms with Crippen molar-refractivity contribution in [1.29, 1.82) is 5.26 Å². The first-order valence-corrected chi connectivity index (χ1v) is 6.36. The quantitative estimate of drug-likeness (QED) is 0.847. The maximum absolute atomic E-state index is 12.1. The van der Waals surface area contributed by atoms with E-state index in [1.54, 1.807) is 29.2 Å². The second-order valence-corrected chi connectivity index (χ2v) is 4.40. The summed E-state index contributed by atoms with van der Waals surface area (Å²) in [4.78, 5) is 13.6. The van der Waals surface area contributed by atoms with Crippen LogP contribution in [0.25, 0.3) is 0 Å². The molecular formula is C14H16N2O4. The molecule has 1 aromatic rings. The lowest BCUT2D eigenvalue weighted by atomic mass is 10.2. The van der Waals surface area contributed by atoms with Gasteiger partial charge in [-0.25, -0.2) is 0 Å². The first-order chi connectivity index (χ1) is 9.76. The Hall–Kier alpha value is -2.10. The zero-order valence-corrected chi connectivity index (χ0v) is 11.0. The molecule has 1 aliphatic rings. The third kappa shape index (κ3) is 3.26. The molecule has 2 rings (SSSR count). The van der Waals surface area contributed by atoms with Crippen LogP contribution in [0.5, 0.6) is 5.75 Å². The van der Waals surface area contributed by atoms with E-state index in [9.17, 15) is 9.90 Å². The minimum atomic E-state index is -0.328. The van der Waals surface area contributed by atoms with Gasteiger partial charge in [-0.15, -0.1) is 0 Å². The molecule has 1 N–H and O–H groups in total. The van der Waals surface area contributed by atoms with Crippen molar-refractivity contribution in [3.05, 3.63) is 29.8 Å². The molecule has 1 saturated heterocycles. The molecular weight excluding hydrogens is 260 g/mol. The van der Waals surface area contributed by atoms with Crippen LogP contribution in [0.2, 0.25) is 0 Å². The summed E-state index contributed by atoms with van der Waals surface area (Å²) in [7, 11) is 0. The molecule has 106 valence electrons. The Kier molecular flexibility index (Phi) is 4.93. The first-order valence-electron chi connectivity index (χ1n) is 6.36. The number of aliphatic hydroxyl groups is 1. The fraction of sp³-hybridized carbons (Fsp3) is 0.429. The molecule has 1 atom stereocenters. The van der Waals surface area contributed by atoms with Gasteiger partial charge in [-0.2, -0.15) is 5.26 Å². The topological polar surface area (TPSA) is 82.8 Å². The lowest BCUT2D eigenvalue weighted by molar-refractivity contribution is -0.143. The Morgan fingerprint density at radius 3 is 3.10 bits per heavy atom. The fourth-order valence-corrected chi connectivity index (χ4v) is 2.04. The number of rotatable bonds is 4. The van der Waals surface area contributed by atoms with Gasteiger partial charge in [0.05, 0.1) is 31.4 Å². The smallest absolute Gasteiger partial charge is 0.260 e. The molecule has 1 unspecified atom stereocenters. The van der Waals surface area contributed by atoms with Crippen LogP contribution in [0.4, 0.5) is 0 Å². The normalized spacial score (nSPS) is 18.4. The predicted molar refractivity (Wildman–Crippen MR) is 70.1 cm³/mol. The van der Waals surface area contributed by atoms with Crippen LogP contribution in [0.15, 0.2) is 24.3 Å². The summed E-state index contributed by atoms with van der Waals surface area (Å²) >= 11 is 0. The Balaban J connectivity index is 1.96. The van der Waals surface area contributed by atoms with Crippen LogP contribution in [0, 0.1) is 11.3 Å². The summed E-state index contributed by atoms with van der Waals surface area (Å²) in [5.41, 5.74) is 0.390. The van der Waals surface area contributed by atoms with Crippen LogP contribution >= 0.6 is 0 Å². The van der Waals surface area contributed by atoms with Gasteiger partial charge in [-0.05, 0) is 12.1 Å². The van der Waals surface area contributed by atoms with E-state index in [2.05, 4.69) is 0 Å². The predicted octanol–water partition coefficient (Wildman–Crippen LogP) is 0.157. The molecule has 0 bridgehead atoms. The third-order valence-electron chi connectivity index (χ3n) is 3.12.